The predicted octanol–water partition coefficient (Wildman–Crippen LogP) is 2.31. The molecule has 70 valence electrons. The summed E-state index contributed by atoms with van der Waals surface area (Å²) in [7, 11) is 0. The number of hydrogen-bond donors (Lipinski definition) is 1. The minimum absolute atomic E-state index is 0.333. The van der Waals surface area contributed by atoms with Crippen LogP contribution in [0.1, 0.15) is 11.1 Å². The topological polar surface area (TPSA) is 61.1 Å². The summed E-state index contributed by atoms with van der Waals surface area (Å²) < 4.78 is 0. The van der Waals surface area contributed by atoms with Crippen LogP contribution in [-0.2, 0) is 4.79 Å². The van der Waals surface area contributed by atoms with Crippen LogP contribution >= 0.6 is 11.6 Å². The van der Waals surface area contributed by atoms with Gasteiger partial charge in [0.05, 0.1) is 10.6 Å². The second kappa shape index (κ2) is 4.45. The lowest BCUT2D eigenvalue weighted by Crippen LogP contribution is -1.86. The van der Waals surface area contributed by atoms with Crippen LogP contribution in [0, 0.1) is 11.3 Å². The van der Waals surface area contributed by atoms with E-state index >= 15 is 0 Å². The Balaban J connectivity index is 3.03. The van der Waals surface area contributed by atoms with Gasteiger partial charge in [-0.2, -0.15) is 5.26 Å². The number of nitrogens with zero attached hydrogens (tertiary/aromatic N) is 1. The van der Waals surface area contributed by atoms with Crippen molar-refractivity contribution in [3.05, 3.63) is 40.4 Å². The van der Waals surface area contributed by atoms with Gasteiger partial charge in [-0.25, -0.2) is 4.79 Å². The average molecular weight is 208 g/mol. The van der Waals surface area contributed by atoms with E-state index in [4.69, 9.17) is 22.0 Å². The maximum absolute atomic E-state index is 10.2. The fraction of sp³-hybridized carbons (Fsp3) is 0. The van der Waals surface area contributed by atoms with Crippen molar-refractivity contribution < 1.29 is 9.90 Å². The summed E-state index contributed by atoms with van der Waals surface area (Å²) in [6.45, 7) is 0. The van der Waals surface area contributed by atoms with Gasteiger partial charge in [0, 0.05) is 6.08 Å². The number of carboxylic acid groups (broad SMARTS) is 1. The first-order valence-corrected chi connectivity index (χ1v) is 4.12. The Kier molecular flexibility index (Phi) is 3.27. The van der Waals surface area contributed by atoms with E-state index in [9.17, 15) is 4.79 Å². The minimum Gasteiger partial charge on any atom is -0.478 e. The maximum atomic E-state index is 10.2. The summed E-state index contributed by atoms with van der Waals surface area (Å²) in [5, 5.41) is 17.4. The molecule has 0 saturated heterocycles. The summed E-state index contributed by atoms with van der Waals surface area (Å²) in [5.74, 6) is -1.03. The molecular weight excluding hydrogens is 202 g/mol. The molecule has 0 radical (unpaired) electrons. The fourth-order valence-corrected chi connectivity index (χ4v) is 1.06. The molecule has 0 fully saturated rings. The highest BCUT2D eigenvalue weighted by Crippen LogP contribution is 2.17. The first kappa shape index (κ1) is 10.3. The Morgan fingerprint density at radius 1 is 1.57 bits per heavy atom. The molecule has 0 aliphatic carbocycles. The predicted molar refractivity (Wildman–Crippen MR) is 52.8 cm³/mol. The van der Waals surface area contributed by atoms with E-state index in [1.165, 1.54) is 12.1 Å². The molecular formula is C10H6ClNO2. The first-order valence-electron chi connectivity index (χ1n) is 3.74. The van der Waals surface area contributed by atoms with Crippen molar-refractivity contribution in [3.63, 3.8) is 0 Å². The third-order valence-electron chi connectivity index (χ3n) is 1.53. The number of halogens is 1. The average Bonchev–Trinajstić information content (AvgIpc) is 2.16. The Morgan fingerprint density at radius 2 is 2.29 bits per heavy atom. The van der Waals surface area contributed by atoms with E-state index in [2.05, 4.69) is 0 Å². The second-order valence-electron chi connectivity index (χ2n) is 2.52. The molecule has 3 nitrogen and oxygen atoms in total. The molecule has 1 aromatic rings. The maximum Gasteiger partial charge on any atom is 0.328 e. The Bertz CT molecular complexity index is 432. The number of hydrogen-bond acceptors (Lipinski definition) is 2. The van der Waals surface area contributed by atoms with Crippen LogP contribution in [0.2, 0.25) is 5.02 Å². The van der Waals surface area contributed by atoms with Gasteiger partial charge in [-0.15, -0.1) is 0 Å². The molecule has 14 heavy (non-hydrogen) atoms. The minimum atomic E-state index is -1.03. The van der Waals surface area contributed by atoms with E-state index in [1.54, 1.807) is 12.1 Å². The molecule has 0 saturated carbocycles. The first-order chi connectivity index (χ1) is 6.63. The normalized spacial score (nSPS) is 10.0. The molecule has 0 aliphatic heterocycles. The zero-order valence-electron chi connectivity index (χ0n) is 7.07. The van der Waals surface area contributed by atoms with Crippen molar-refractivity contribution in [3.8, 4) is 6.07 Å². The number of benzene rings is 1. The Morgan fingerprint density at radius 3 is 2.86 bits per heavy atom. The van der Waals surface area contributed by atoms with E-state index < -0.39 is 5.97 Å². The summed E-state index contributed by atoms with van der Waals surface area (Å²) in [4.78, 5) is 10.2. The van der Waals surface area contributed by atoms with Crippen LogP contribution in [0.5, 0.6) is 0 Å². The summed E-state index contributed by atoms with van der Waals surface area (Å²) in [6, 6.07) is 6.64. The third-order valence-corrected chi connectivity index (χ3v) is 1.86. The standard InChI is InChI=1S/C10H6ClNO2/c11-9-3-1-7(2-4-10(13)14)5-8(9)6-12/h1-5H,(H,13,14)/b4-2+. The van der Waals surface area contributed by atoms with Gasteiger partial charge in [0.1, 0.15) is 6.07 Å². The van der Waals surface area contributed by atoms with Crippen molar-refractivity contribution >= 4 is 23.6 Å². The van der Waals surface area contributed by atoms with Gasteiger partial charge >= 0.3 is 5.97 Å². The summed E-state index contributed by atoms with van der Waals surface area (Å²) in [6.07, 6.45) is 2.41. The highest BCUT2D eigenvalue weighted by atomic mass is 35.5. The van der Waals surface area contributed by atoms with Gasteiger partial charge in [-0.3, -0.25) is 0 Å². The third kappa shape index (κ3) is 2.61. The molecule has 1 aromatic carbocycles. The van der Waals surface area contributed by atoms with E-state index in [-0.39, 0.29) is 0 Å². The molecule has 0 spiro atoms. The lowest BCUT2D eigenvalue weighted by Gasteiger charge is -1.96. The van der Waals surface area contributed by atoms with Crippen LogP contribution in [0.3, 0.4) is 0 Å². The number of carbonyl (C=O) groups is 1. The van der Waals surface area contributed by atoms with Crippen LogP contribution in [0.25, 0.3) is 6.08 Å². The van der Waals surface area contributed by atoms with Gasteiger partial charge in [0.2, 0.25) is 0 Å². The summed E-state index contributed by atoms with van der Waals surface area (Å²) >= 11 is 5.70. The van der Waals surface area contributed by atoms with Crippen LogP contribution in [0.4, 0.5) is 0 Å². The Hall–Kier alpha value is -1.79. The van der Waals surface area contributed by atoms with Crippen LogP contribution in [0.15, 0.2) is 24.3 Å². The molecule has 0 aromatic heterocycles. The smallest absolute Gasteiger partial charge is 0.328 e. The monoisotopic (exact) mass is 207 g/mol. The number of rotatable bonds is 2. The van der Waals surface area contributed by atoms with Gasteiger partial charge in [-0.1, -0.05) is 17.7 Å². The zero-order chi connectivity index (χ0) is 10.6. The van der Waals surface area contributed by atoms with Crippen molar-refractivity contribution in [2.45, 2.75) is 0 Å². The van der Waals surface area contributed by atoms with Gasteiger partial charge in [0.15, 0.2) is 0 Å². The van der Waals surface area contributed by atoms with Crippen molar-refractivity contribution in [2.24, 2.45) is 0 Å². The SMILES string of the molecule is N#Cc1cc(/C=C/C(=O)O)ccc1Cl. The molecule has 1 rings (SSSR count). The lowest BCUT2D eigenvalue weighted by molar-refractivity contribution is -0.131. The van der Waals surface area contributed by atoms with Crippen molar-refractivity contribution in [1.82, 2.24) is 0 Å². The van der Waals surface area contributed by atoms with E-state index in [0.29, 0.717) is 16.1 Å². The second-order valence-corrected chi connectivity index (χ2v) is 2.93. The van der Waals surface area contributed by atoms with Gasteiger partial charge in [-0.05, 0) is 23.8 Å². The van der Waals surface area contributed by atoms with Crippen molar-refractivity contribution in [2.75, 3.05) is 0 Å². The summed E-state index contributed by atoms with van der Waals surface area (Å²) in [5.41, 5.74) is 0.965. The number of nitriles is 1. The van der Waals surface area contributed by atoms with Gasteiger partial charge < -0.3 is 5.11 Å². The van der Waals surface area contributed by atoms with Crippen molar-refractivity contribution in [1.29, 1.82) is 5.26 Å². The molecule has 0 aliphatic rings. The zero-order valence-corrected chi connectivity index (χ0v) is 7.82. The number of carboxylic acids is 1. The van der Waals surface area contributed by atoms with Crippen LogP contribution < -0.4 is 0 Å². The van der Waals surface area contributed by atoms with Gasteiger partial charge in [0.25, 0.3) is 0 Å². The van der Waals surface area contributed by atoms with E-state index in [1.807, 2.05) is 6.07 Å². The highest BCUT2D eigenvalue weighted by molar-refractivity contribution is 6.31. The molecule has 0 bridgehead atoms. The highest BCUT2D eigenvalue weighted by Gasteiger charge is 1.98. The fourth-order valence-electron chi connectivity index (χ4n) is 0.900. The molecule has 0 amide bonds. The molecule has 0 atom stereocenters. The molecule has 4 heteroatoms. The quantitative estimate of drug-likeness (QED) is 0.757. The van der Waals surface area contributed by atoms with E-state index in [0.717, 1.165) is 6.08 Å². The Labute approximate surface area is 85.9 Å². The lowest BCUT2D eigenvalue weighted by atomic mass is 10.1. The number of aliphatic carboxylic acids is 1. The molecule has 0 heterocycles. The largest absolute Gasteiger partial charge is 0.478 e. The molecule has 1 N–H and O–H groups in total. The van der Waals surface area contributed by atoms with Crippen LogP contribution in [-0.4, -0.2) is 11.1 Å². The molecule has 0 unspecified atom stereocenters.